The molecule has 3 nitrogen and oxygen atoms in total. The molecule has 3 unspecified atom stereocenters. The molecule has 0 N–H and O–H groups in total. The van der Waals surface area contributed by atoms with Gasteiger partial charge in [-0.1, -0.05) is 48.0 Å². The molecular formula is C28H50O3. The molecule has 4 aliphatic carbocycles. The summed E-state index contributed by atoms with van der Waals surface area (Å²) < 4.78 is 16.7. The molecule has 3 heteroatoms. The SMILES string of the molecule is CC(C)C1C2COCC21.CC(C)C1CCC2(CC1)OCCO2.CC(C)C1[C@H]2CCC[C@@H]12. The molecule has 2 heterocycles. The van der Waals surface area contributed by atoms with E-state index in [2.05, 4.69) is 41.5 Å². The summed E-state index contributed by atoms with van der Waals surface area (Å²) in [5, 5.41) is 0. The van der Waals surface area contributed by atoms with Gasteiger partial charge in [0.25, 0.3) is 0 Å². The molecule has 6 aliphatic rings. The van der Waals surface area contributed by atoms with Gasteiger partial charge in [-0.15, -0.1) is 0 Å². The first-order chi connectivity index (χ1) is 14.8. The van der Waals surface area contributed by atoms with Crippen molar-refractivity contribution in [2.75, 3.05) is 26.4 Å². The van der Waals surface area contributed by atoms with Gasteiger partial charge < -0.3 is 14.2 Å². The van der Waals surface area contributed by atoms with Gasteiger partial charge in [0.05, 0.1) is 26.4 Å². The van der Waals surface area contributed by atoms with Gasteiger partial charge >= 0.3 is 0 Å². The van der Waals surface area contributed by atoms with Gasteiger partial charge in [-0.05, 0) is 84.9 Å². The fraction of sp³-hybridized carbons (Fsp3) is 1.00. The Labute approximate surface area is 192 Å². The van der Waals surface area contributed by atoms with Crippen LogP contribution in [0, 0.1) is 59.2 Å². The molecule has 0 aromatic heterocycles. The molecule has 0 aromatic carbocycles. The molecule has 31 heavy (non-hydrogen) atoms. The van der Waals surface area contributed by atoms with Gasteiger partial charge in [0, 0.05) is 12.8 Å². The summed E-state index contributed by atoms with van der Waals surface area (Å²) in [7, 11) is 0. The normalized spacial score (nSPS) is 39.8. The number of hydrogen-bond acceptors (Lipinski definition) is 3. The fourth-order valence-electron chi connectivity index (χ4n) is 7.67. The summed E-state index contributed by atoms with van der Waals surface area (Å²) >= 11 is 0. The van der Waals surface area contributed by atoms with Crippen molar-refractivity contribution in [3.63, 3.8) is 0 Å². The first-order valence-electron chi connectivity index (χ1n) is 13.7. The number of fused-ring (bicyclic) bond motifs is 2. The fourth-order valence-corrected chi connectivity index (χ4v) is 7.67. The standard InChI is InChI=1S/C11H20O2.C9H16.C8H14O/c1-9(2)10-3-5-11(6-4-10)12-7-8-13-11;1-6(2)9-7-4-3-5-8(7)9;1-5(2)8-6-3-9-4-7(6)8/h9-10H,3-8H2,1-2H3;6-9H,3-5H2,1-2H3;5-8H,3-4H2,1-2H3/t;7-,8+,9?;. The Morgan fingerprint density at radius 2 is 1.10 bits per heavy atom. The van der Waals surface area contributed by atoms with Crippen molar-refractivity contribution in [1.82, 2.24) is 0 Å². The first kappa shape index (κ1) is 24.0. The van der Waals surface area contributed by atoms with Crippen LogP contribution in [0.5, 0.6) is 0 Å². The molecule has 4 saturated carbocycles. The molecule has 2 saturated heterocycles. The van der Waals surface area contributed by atoms with Crippen molar-refractivity contribution in [3.05, 3.63) is 0 Å². The van der Waals surface area contributed by atoms with E-state index in [1.54, 1.807) is 12.8 Å². The van der Waals surface area contributed by atoms with Crippen molar-refractivity contribution < 1.29 is 14.2 Å². The van der Waals surface area contributed by atoms with Crippen molar-refractivity contribution in [3.8, 4) is 0 Å². The second-order valence-electron chi connectivity index (χ2n) is 12.5. The Balaban J connectivity index is 0.000000115. The molecule has 1 spiro atoms. The highest BCUT2D eigenvalue weighted by molar-refractivity contribution is 5.02. The van der Waals surface area contributed by atoms with Crippen molar-refractivity contribution >= 4 is 0 Å². The minimum Gasteiger partial charge on any atom is -0.381 e. The molecular weight excluding hydrogens is 384 g/mol. The molecule has 6 fully saturated rings. The highest BCUT2D eigenvalue weighted by Gasteiger charge is 2.55. The Morgan fingerprint density at radius 3 is 1.48 bits per heavy atom. The molecule has 0 aromatic rings. The molecule has 2 aliphatic heterocycles. The third kappa shape index (κ3) is 5.52. The van der Waals surface area contributed by atoms with Gasteiger partial charge in [-0.25, -0.2) is 0 Å². The maximum absolute atomic E-state index is 5.69. The summed E-state index contributed by atoms with van der Waals surface area (Å²) in [6.45, 7) is 17.7. The lowest BCUT2D eigenvalue weighted by atomic mass is 9.79. The zero-order valence-corrected chi connectivity index (χ0v) is 21.3. The van der Waals surface area contributed by atoms with E-state index in [0.717, 1.165) is 86.6 Å². The van der Waals surface area contributed by atoms with Crippen molar-refractivity contribution in [2.45, 2.75) is 92.3 Å². The highest BCUT2D eigenvalue weighted by Crippen LogP contribution is 2.60. The average molecular weight is 435 g/mol. The topological polar surface area (TPSA) is 27.7 Å². The number of ether oxygens (including phenoxy) is 3. The van der Waals surface area contributed by atoms with E-state index in [1.165, 1.54) is 31.1 Å². The summed E-state index contributed by atoms with van der Waals surface area (Å²) in [6, 6.07) is 0. The van der Waals surface area contributed by atoms with E-state index in [-0.39, 0.29) is 5.79 Å². The molecule has 6 rings (SSSR count). The third-order valence-corrected chi connectivity index (χ3v) is 9.58. The lowest BCUT2D eigenvalue weighted by Crippen LogP contribution is -2.36. The van der Waals surface area contributed by atoms with Crippen LogP contribution in [0.1, 0.15) is 86.5 Å². The highest BCUT2D eigenvalue weighted by atomic mass is 16.7. The van der Waals surface area contributed by atoms with Crippen LogP contribution < -0.4 is 0 Å². The molecule has 180 valence electrons. The summed E-state index contributed by atoms with van der Waals surface area (Å²) in [4.78, 5) is 0. The molecule has 5 atom stereocenters. The quantitative estimate of drug-likeness (QED) is 0.489. The van der Waals surface area contributed by atoms with Crippen LogP contribution in [0.25, 0.3) is 0 Å². The van der Waals surface area contributed by atoms with Crippen LogP contribution in [0.3, 0.4) is 0 Å². The Morgan fingerprint density at radius 1 is 0.613 bits per heavy atom. The molecule has 0 bridgehead atoms. The predicted octanol–water partition coefficient (Wildman–Crippen LogP) is 6.80. The Bertz CT molecular complexity index is 505. The summed E-state index contributed by atoms with van der Waals surface area (Å²) in [5.74, 6) is 9.80. The van der Waals surface area contributed by atoms with E-state index in [9.17, 15) is 0 Å². The number of hydrogen-bond donors (Lipinski definition) is 0. The summed E-state index contributed by atoms with van der Waals surface area (Å²) in [5.41, 5.74) is 0. The largest absolute Gasteiger partial charge is 0.381 e. The van der Waals surface area contributed by atoms with Crippen LogP contribution >= 0.6 is 0 Å². The van der Waals surface area contributed by atoms with Crippen LogP contribution in [0.2, 0.25) is 0 Å². The molecule has 0 radical (unpaired) electrons. The smallest absolute Gasteiger partial charge is 0.168 e. The zero-order valence-electron chi connectivity index (χ0n) is 21.3. The minimum atomic E-state index is -0.161. The monoisotopic (exact) mass is 434 g/mol. The van der Waals surface area contributed by atoms with Gasteiger partial charge in [-0.3, -0.25) is 0 Å². The second-order valence-corrected chi connectivity index (χ2v) is 12.5. The third-order valence-electron chi connectivity index (χ3n) is 9.58. The van der Waals surface area contributed by atoms with E-state index < -0.39 is 0 Å². The van der Waals surface area contributed by atoms with Crippen LogP contribution in [-0.2, 0) is 14.2 Å². The second kappa shape index (κ2) is 10.0. The zero-order chi connectivity index (χ0) is 22.2. The van der Waals surface area contributed by atoms with E-state index in [4.69, 9.17) is 14.2 Å². The van der Waals surface area contributed by atoms with Gasteiger partial charge in [0.2, 0.25) is 0 Å². The van der Waals surface area contributed by atoms with Crippen LogP contribution in [0.15, 0.2) is 0 Å². The van der Waals surface area contributed by atoms with E-state index in [0.29, 0.717) is 0 Å². The molecule has 0 amide bonds. The van der Waals surface area contributed by atoms with Gasteiger partial charge in [0.15, 0.2) is 5.79 Å². The Hall–Kier alpha value is -0.120. The lowest BCUT2D eigenvalue weighted by Gasteiger charge is -2.36. The summed E-state index contributed by atoms with van der Waals surface area (Å²) in [6.07, 6.45) is 9.39. The Kier molecular flexibility index (Phi) is 7.76. The maximum atomic E-state index is 5.69. The average Bonchev–Trinajstić information content (AvgIpc) is 3.28. The van der Waals surface area contributed by atoms with Crippen LogP contribution in [-0.4, -0.2) is 32.2 Å². The van der Waals surface area contributed by atoms with Crippen LogP contribution in [0.4, 0.5) is 0 Å². The minimum absolute atomic E-state index is 0.161. The van der Waals surface area contributed by atoms with Crippen molar-refractivity contribution in [2.24, 2.45) is 59.2 Å². The predicted molar refractivity (Wildman–Crippen MR) is 127 cm³/mol. The van der Waals surface area contributed by atoms with Gasteiger partial charge in [0.1, 0.15) is 0 Å². The lowest BCUT2D eigenvalue weighted by molar-refractivity contribution is -0.184. The number of rotatable bonds is 3. The maximum Gasteiger partial charge on any atom is 0.168 e. The van der Waals surface area contributed by atoms with E-state index >= 15 is 0 Å². The first-order valence-corrected chi connectivity index (χ1v) is 13.7. The van der Waals surface area contributed by atoms with Gasteiger partial charge in [-0.2, -0.15) is 0 Å². The van der Waals surface area contributed by atoms with Crippen molar-refractivity contribution in [1.29, 1.82) is 0 Å². The van der Waals surface area contributed by atoms with E-state index in [1.807, 2.05) is 0 Å².